The average Bonchev–Trinajstić information content (AvgIpc) is 3.46. The molecule has 0 bridgehead atoms. The van der Waals surface area contributed by atoms with Crippen molar-refractivity contribution in [2.24, 2.45) is 16.6 Å². The number of hydrogen-bond acceptors (Lipinski definition) is 11. The quantitative estimate of drug-likeness (QED) is 0.0648. The number of esters is 1. The number of nitrogens with one attached hydrogen (secondary N) is 4. The van der Waals surface area contributed by atoms with Crippen molar-refractivity contribution in [3.8, 4) is 0 Å². The summed E-state index contributed by atoms with van der Waals surface area (Å²) >= 11 is 1.49. The van der Waals surface area contributed by atoms with Crippen LogP contribution in [0.1, 0.15) is 79.4 Å². The third-order valence-corrected chi connectivity index (χ3v) is 10.9. The Morgan fingerprint density at radius 1 is 0.754 bits per heavy atom. The Morgan fingerprint density at radius 3 is 1.98 bits per heavy atom. The molecule has 1 aliphatic rings. The number of benzene rings is 2. The topological polar surface area (TPSA) is 225 Å². The van der Waals surface area contributed by atoms with Gasteiger partial charge in [-0.05, 0) is 82.4 Å². The highest BCUT2D eigenvalue weighted by Crippen LogP contribution is 2.43. The molecular formula is C44H62N6O10S. The summed E-state index contributed by atoms with van der Waals surface area (Å²) in [6, 6.07) is 12.6. The molecule has 0 fully saturated rings. The van der Waals surface area contributed by atoms with Gasteiger partial charge >= 0.3 is 18.1 Å². The van der Waals surface area contributed by atoms with Gasteiger partial charge in [-0.3, -0.25) is 28.9 Å². The van der Waals surface area contributed by atoms with Gasteiger partial charge in [-0.25, -0.2) is 9.59 Å². The number of rotatable bonds is 21. The molecule has 0 saturated heterocycles. The van der Waals surface area contributed by atoms with E-state index < -0.39 is 51.6 Å². The molecule has 2 aromatic carbocycles. The van der Waals surface area contributed by atoms with E-state index >= 15 is 0 Å². The number of carbonyl (C=O) groups excluding carboxylic acids is 7. The maximum absolute atomic E-state index is 13.8. The number of urea groups is 1. The fourth-order valence-corrected chi connectivity index (χ4v) is 6.56. The predicted molar refractivity (Wildman–Crippen MR) is 233 cm³/mol. The molecule has 334 valence electrons. The number of primary amides is 1. The van der Waals surface area contributed by atoms with Gasteiger partial charge in [0.15, 0.2) is 0 Å². The highest BCUT2D eigenvalue weighted by molar-refractivity contribution is 8.00. The van der Waals surface area contributed by atoms with Gasteiger partial charge in [0.1, 0.15) is 25.3 Å². The molecule has 0 unspecified atom stereocenters. The highest BCUT2D eigenvalue weighted by atomic mass is 32.2. The van der Waals surface area contributed by atoms with Crippen molar-refractivity contribution >= 4 is 59.2 Å². The number of carbonyl (C=O) groups is 7. The first kappa shape index (κ1) is 49.9. The summed E-state index contributed by atoms with van der Waals surface area (Å²) in [5.41, 5.74) is 6.83. The molecule has 16 nitrogen and oxygen atoms in total. The number of nitrogens with two attached hydrogens (primary N) is 1. The minimum Gasteiger partial charge on any atom is -0.460 e. The van der Waals surface area contributed by atoms with E-state index in [0.29, 0.717) is 22.4 Å². The summed E-state index contributed by atoms with van der Waals surface area (Å²) in [7, 11) is 0. The van der Waals surface area contributed by atoms with Crippen molar-refractivity contribution in [2.45, 2.75) is 98.1 Å². The lowest BCUT2D eigenvalue weighted by atomic mass is 9.81. The largest absolute Gasteiger partial charge is 0.460 e. The van der Waals surface area contributed by atoms with Crippen LogP contribution in [0.2, 0.25) is 0 Å². The van der Waals surface area contributed by atoms with Gasteiger partial charge in [-0.15, -0.1) is 0 Å². The van der Waals surface area contributed by atoms with Crippen LogP contribution >= 0.6 is 11.8 Å². The number of anilines is 1. The molecule has 2 aromatic rings. The Hall–Kier alpha value is -5.42. The van der Waals surface area contributed by atoms with Gasteiger partial charge in [0.25, 0.3) is 11.8 Å². The van der Waals surface area contributed by atoms with Crippen molar-refractivity contribution in [1.82, 2.24) is 20.9 Å². The molecule has 3 rings (SSSR count). The van der Waals surface area contributed by atoms with E-state index in [0.717, 1.165) is 5.56 Å². The van der Waals surface area contributed by atoms with Crippen molar-refractivity contribution in [3.05, 3.63) is 76.9 Å². The van der Waals surface area contributed by atoms with E-state index in [9.17, 15) is 33.6 Å². The summed E-state index contributed by atoms with van der Waals surface area (Å²) in [4.78, 5) is 91.9. The zero-order valence-electron chi connectivity index (χ0n) is 36.7. The zero-order valence-corrected chi connectivity index (χ0v) is 37.5. The molecule has 6 N–H and O–H groups in total. The summed E-state index contributed by atoms with van der Waals surface area (Å²) in [5, 5.41) is 10.6. The lowest BCUT2D eigenvalue weighted by Crippen LogP contribution is -2.53. The number of ether oxygens (including phenoxy) is 3. The molecule has 1 aliphatic heterocycles. The van der Waals surface area contributed by atoms with Gasteiger partial charge in [0.05, 0.1) is 25.2 Å². The maximum Gasteiger partial charge on any atom is 0.407 e. The molecule has 0 radical (unpaired) electrons. The van der Waals surface area contributed by atoms with E-state index in [2.05, 4.69) is 21.3 Å². The standard InChI is InChI=1S/C44H62N6O10S/c1-42(2,3)33-34(44(7,8)61-9)38(54)50(37(33)53)22-23-58-24-25-59-41(57)49-32(26-28-14-11-10-12-15-28)36(52)48-31(16-13-21-46-40(45)56)35(51)47-30-19-17-29(18-20-30)27-60-39(55)43(4,5)6/h10-12,14-15,17-20,31-32H,13,16,21-27H2,1-9H3,(H,47,51)(H,48,52)(H,49,57)(H3,45,46,56)/t31-,32+/m0/s1. The first-order valence-electron chi connectivity index (χ1n) is 20.2. The molecule has 0 aromatic heterocycles. The van der Waals surface area contributed by atoms with Crippen LogP contribution in [0, 0.1) is 10.8 Å². The van der Waals surface area contributed by atoms with Crippen molar-refractivity contribution in [2.75, 3.05) is 44.5 Å². The molecular weight excluding hydrogens is 805 g/mol. The summed E-state index contributed by atoms with van der Waals surface area (Å²) in [5.74, 6) is -2.25. The van der Waals surface area contributed by atoms with Crippen molar-refractivity contribution in [1.29, 1.82) is 0 Å². The lowest BCUT2D eigenvalue weighted by molar-refractivity contribution is -0.154. The average molecular weight is 867 g/mol. The van der Waals surface area contributed by atoms with Crippen molar-refractivity contribution in [3.63, 3.8) is 0 Å². The first-order chi connectivity index (χ1) is 28.5. The minimum atomic E-state index is -1.17. The molecule has 0 aliphatic carbocycles. The first-order valence-corrected chi connectivity index (χ1v) is 21.4. The van der Waals surface area contributed by atoms with Gasteiger partial charge < -0.3 is 41.2 Å². The normalized spacial score (nSPS) is 14.3. The molecule has 0 spiro atoms. The summed E-state index contributed by atoms with van der Waals surface area (Å²) in [6.07, 6.45) is 1.44. The molecule has 0 saturated carbocycles. The van der Waals surface area contributed by atoms with Crippen LogP contribution in [0.5, 0.6) is 0 Å². The fourth-order valence-electron chi connectivity index (χ4n) is 6.17. The predicted octanol–water partition coefficient (Wildman–Crippen LogP) is 4.85. The third kappa shape index (κ3) is 15.5. The van der Waals surface area contributed by atoms with Crippen LogP contribution in [0.15, 0.2) is 65.7 Å². The second kappa shape index (κ2) is 22.4. The van der Waals surface area contributed by atoms with Gasteiger partial charge in [0, 0.05) is 34.5 Å². The van der Waals surface area contributed by atoms with Crippen LogP contribution in [0.3, 0.4) is 0 Å². The van der Waals surface area contributed by atoms with E-state index in [1.807, 2.05) is 46.9 Å². The van der Waals surface area contributed by atoms with Crippen LogP contribution in [-0.4, -0.2) is 103 Å². The molecule has 7 amide bonds. The summed E-state index contributed by atoms with van der Waals surface area (Å²) < 4.78 is 15.8. The Bertz CT molecular complexity index is 1910. The minimum absolute atomic E-state index is 0.0152. The van der Waals surface area contributed by atoms with E-state index in [4.69, 9.17) is 19.9 Å². The fraction of sp³-hybridized carbons (Fsp3) is 0.523. The van der Waals surface area contributed by atoms with Crippen LogP contribution in [0.4, 0.5) is 15.3 Å². The second-order valence-corrected chi connectivity index (χ2v) is 18.5. The van der Waals surface area contributed by atoms with Gasteiger partial charge in [-0.1, -0.05) is 63.2 Å². The van der Waals surface area contributed by atoms with E-state index in [-0.39, 0.29) is 76.6 Å². The lowest BCUT2D eigenvalue weighted by Gasteiger charge is -2.27. The molecule has 17 heteroatoms. The number of alkyl carbamates (subject to hydrolysis) is 1. The Labute approximate surface area is 362 Å². The number of amides is 7. The Balaban J connectivity index is 1.62. The Morgan fingerprint density at radius 2 is 1.39 bits per heavy atom. The summed E-state index contributed by atoms with van der Waals surface area (Å²) in [6.45, 7) is 14.8. The number of imide groups is 1. The number of hydrogen-bond donors (Lipinski definition) is 5. The second-order valence-electron chi connectivity index (χ2n) is 17.1. The Kier molecular flexibility index (Phi) is 18.4. The van der Waals surface area contributed by atoms with Crippen LogP contribution in [0.25, 0.3) is 0 Å². The van der Waals surface area contributed by atoms with E-state index in [1.54, 1.807) is 69.3 Å². The smallest absolute Gasteiger partial charge is 0.407 e. The monoisotopic (exact) mass is 866 g/mol. The molecule has 61 heavy (non-hydrogen) atoms. The van der Waals surface area contributed by atoms with Crippen LogP contribution < -0.4 is 27.0 Å². The SMILES string of the molecule is CSC(C)(C)C1=C(C(C)(C)C)C(=O)N(CCOCCOC(=O)N[C@H](Cc2ccccc2)C(=O)N[C@@H](CCCNC(N)=O)C(=O)Nc2ccc(COC(=O)C(C)(C)C)cc2)C1=O. The number of thioether (sulfide) groups is 1. The van der Waals surface area contributed by atoms with Gasteiger partial charge in [0.2, 0.25) is 11.8 Å². The molecule has 1 heterocycles. The number of nitrogens with zero attached hydrogens (tertiary/aromatic N) is 1. The van der Waals surface area contributed by atoms with Crippen LogP contribution in [-0.2, 0) is 51.2 Å². The van der Waals surface area contributed by atoms with E-state index in [1.165, 1.54) is 16.7 Å². The van der Waals surface area contributed by atoms with Gasteiger partial charge in [-0.2, -0.15) is 11.8 Å². The third-order valence-electron chi connectivity index (χ3n) is 9.65. The molecule has 2 atom stereocenters. The zero-order chi connectivity index (χ0) is 45.5. The maximum atomic E-state index is 13.8. The highest BCUT2D eigenvalue weighted by Gasteiger charge is 2.47. The van der Waals surface area contributed by atoms with Crippen molar-refractivity contribution < 1.29 is 47.8 Å².